The van der Waals surface area contributed by atoms with E-state index >= 15 is 0 Å². The van der Waals surface area contributed by atoms with Gasteiger partial charge in [-0.3, -0.25) is 0 Å². The second-order valence-electron chi connectivity index (χ2n) is 6.97. The summed E-state index contributed by atoms with van der Waals surface area (Å²) in [4.78, 5) is 2.45. The first kappa shape index (κ1) is 16.3. The molecule has 1 aliphatic carbocycles. The van der Waals surface area contributed by atoms with Crippen molar-refractivity contribution in [2.24, 2.45) is 0 Å². The average molecular weight is 322 g/mol. The van der Waals surface area contributed by atoms with Gasteiger partial charge in [-0.1, -0.05) is 43.0 Å². The van der Waals surface area contributed by atoms with Crippen molar-refractivity contribution in [2.45, 2.75) is 63.4 Å². The molecule has 1 atom stereocenters. The number of hydrogen-bond donors (Lipinski definition) is 1. The Bertz CT molecular complexity index is 478. The third-order valence-corrected chi connectivity index (χ3v) is 5.70. The number of aliphatic hydroxyl groups excluding tert-OH is 1. The molecule has 1 saturated heterocycles. The fourth-order valence-electron chi connectivity index (χ4n) is 3.97. The Balaban J connectivity index is 1.60. The van der Waals surface area contributed by atoms with Crippen LogP contribution in [0.3, 0.4) is 0 Å². The van der Waals surface area contributed by atoms with Gasteiger partial charge in [-0.05, 0) is 68.3 Å². The fraction of sp³-hybridized carbons (Fsp3) is 0.684. The second-order valence-corrected chi connectivity index (χ2v) is 7.38. The topological polar surface area (TPSA) is 23.5 Å². The maximum absolute atomic E-state index is 10.4. The number of aliphatic hydroxyl groups is 1. The van der Waals surface area contributed by atoms with Crippen LogP contribution < -0.4 is 0 Å². The van der Waals surface area contributed by atoms with E-state index in [1.807, 2.05) is 6.07 Å². The summed E-state index contributed by atoms with van der Waals surface area (Å²) in [6.45, 7) is 3.37. The molecule has 1 N–H and O–H groups in total. The standard InChI is InChI=1S/C19H28ClNO/c20-18-14-16(19(22)10-13-21-11-4-5-12-21)8-9-17(18)15-6-2-1-3-7-15/h8-9,14-15,19,22H,1-7,10-13H2. The lowest BCUT2D eigenvalue weighted by molar-refractivity contribution is 0.149. The number of nitrogens with zero attached hydrogens (tertiary/aromatic N) is 1. The quantitative estimate of drug-likeness (QED) is 0.833. The van der Waals surface area contributed by atoms with E-state index in [-0.39, 0.29) is 0 Å². The Hall–Kier alpha value is -0.570. The number of halogens is 1. The van der Waals surface area contributed by atoms with Crippen molar-refractivity contribution >= 4 is 11.6 Å². The fourth-order valence-corrected chi connectivity index (χ4v) is 4.32. The molecule has 0 aromatic heterocycles. The van der Waals surface area contributed by atoms with Gasteiger partial charge in [0, 0.05) is 11.6 Å². The summed E-state index contributed by atoms with van der Waals surface area (Å²) in [5.41, 5.74) is 2.26. The minimum atomic E-state index is -0.390. The van der Waals surface area contributed by atoms with Gasteiger partial charge in [-0.2, -0.15) is 0 Å². The van der Waals surface area contributed by atoms with Gasteiger partial charge in [0.05, 0.1) is 6.10 Å². The molecule has 0 amide bonds. The molecule has 1 aliphatic heterocycles. The Kier molecular flexibility index (Phi) is 5.78. The Morgan fingerprint density at radius 3 is 2.50 bits per heavy atom. The van der Waals surface area contributed by atoms with Crippen molar-refractivity contribution in [2.75, 3.05) is 19.6 Å². The molecule has 1 heterocycles. The van der Waals surface area contributed by atoms with Crippen molar-refractivity contribution in [3.05, 3.63) is 34.3 Å². The van der Waals surface area contributed by atoms with Crippen LogP contribution >= 0.6 is 11.6 Å². The van der Waals surface area contributed by atoms with Crippen molar-refractivity contribution in [3.63, 3.8) is 0 Å². The Labute approximate surface area is 139 Å². The minimum absolute atomic E-state index is 0.390. The molecule has 3 rings (SSSR count). The molecule has 2 fully saturated rings. The highest BCUT2D eigenvalue weighted by molar-refractivity contribution is 6.31. The van der Waals surface area contributed by atoms with Crippen molar-refractivity contribution in [1.29, 1.82) is 0 Å². The molecule has 22 heavy (non-hydrogen) atoms. The van der Waals surface area contributed by atoms with Crippen LogP contribution in [0.2, 0.25) is 5.02 Å². The maximum Gasteiger partial charge on any atom is 0.0802 e. The Morgan fingerprint density at radius 1 is 1.09 bits per heavy atom. The number of benzene rings is 1. The zero-order chi connectivity index (χ0) is 15.4. The van der Waals surface area contributed by atoms with E-state index in [0.29, 0.717) is 5.92 Å². The van der Waals surface area contributed by atoms with E-state index in [0.717, 1.165) is 23.6 Å². The van der Waals surface area contributed by atoms with Crippen LogP contribution in [0.4, 0.5) is 0 Å². The van der Waals surface area contributed by atoms with Gasteiger partial charge < -0.3 is 10.0 Å². The predicted octanol–water partition coefficient (Wildman–Crippen LogP) is 4.91. The molecule has 2 aliphatic rings. The van der Waals surface area contributed by atoms with Crippen molar-refractivity contribution < 1.29 is 5.11 Å². The zero-order valence-electron chi connectivity index (χ0n) is 13.4. The third-order valence-electron chi connectivity index (χ3n) is 5.37. The summed E-state index contributed by atoms with van der Waals surface area (Å²) < 4.78 is 0. The van der Waals surface area contributed by atoms with Gasteiger partial charge >= 0.3 is 0 Å². The lowest BCUT2D eigenvalue weighted by Crippen LogP contribution is -2.22. The molecule has 1 aromatic rings. The highest BCUT2D eigenvalue weighted by Gasteiger charge is 2.20. The van der Waals surface area contributed by atoms with E-state index < -0.39 is 6.10 Å². The molecule has 0 bridgehead atoms. The molecular weight excluding hydrogens is 294 g/mol. The Morgan fingerprint density at radius 2 is 1.82 bits per heavy atom. The third kappa shape index (κ3) is 4.04. The SMILES string of the molecule is OC(CCN1CCCC1)c1ccc(C2CCCCC2)c(Cl)c1. The maximum atomic E-state index is 10.4. The van der Waals surface area contributed by atoms with E-state index in [1.54, 1.807) is 0 Å². The lowest BCUT2D eigenvalue weighted by Gasteiger charge is -2.24. The van der Waals surface area contributed by atoms with Crippen LogP contribution in [-0.4, -0.2) is 29.6 Å². The van der Waals surface area contributed by atoms with Crippen LogP contribution in [0.15, 0.2) is 18.2 Å². The number of hydrogen-bond acceptors (Lipinski definition) is 2. The van der Waals surface area contributed by atoms with E-state index in [1.165, 1.54) is 63.6 Å². The van der Waals surface area contributed by atoms with Crippen LogP contribution in [0.25, 0.3) is 0 Å². The summed E-state index contributed by atoms with van der Waals surface area (Å²) in [6.07, 6.45) is 9.55. The first-order valence-electron chi connectivity index (χ1n) is 8.94. The van der Waals surface area contributed by atoms with Gasteiger partial charge in [0.2, 0.25) is 0 Å². The summed E-state index contributed by atoms with van der Waals surface area (Å²) in [7, 11) is 0. The molecule has 2 nitrogen and oxygen atoms in total. The van der Waals surface area contributed by atoms with Crippen LogP contribution in [0.1, 0.15) is 74.5 Å². The van der Waals surface area contributed by atoms with Gasteiger partial charge in [0.15, 0.2) is 0 Å². The highest BCUT2D eigenvalue weighted by atomic mass is 35.5. The molecule has 0 radical (unpaired) electrons. The van der Waals surface area contributed by atoms with Gasteiger partial charge in [0.25, 0.3) is 0 Å². The lowest BCUT2D eigenvalue weighted by atomic mass is 9.83. The largest absolute Gasteiger partial charge is 0.388 e. The van der Waals surface area contributed by atoms with Gasteiger partial charge in [0.1, 0.15) is 0 Å². The minimum Gasteiger partial charge on any atom is -0.388 e. The molecule has 1 aromatic carbocycles. The van der Waals surface area contributed by atoms with Crippen molar-refractivity contribution in [1.82, 2.24) is 4.90 Å². The summed E-state index contributed by atoms with van der Waals surface area (Å²) >= 11 is 6.51. The molecule has 0 spiro atoms. The van der Waals surface area contributed by atoms with Gasteiger partial charge in [-0.15, -0.1) is 0 Å². The van der Waals surface area contributed by atoms with E-state index in [9.17, 15) is 5.11 Å². The molecule has 1 unspecified atom stereocenters. The predicted molar refractivity (Wildman–Crippen MR) is 92.5 cm³/mol. The number of likely N-dealkylation sites (tertiary alicyclic amines) is 1. The number of rotatable bonds is 5. The first-order valence-corrected chi connectivity index (χ1v) is 9.31. The average Bonchev–Trinajstić information content (AvgIpc) is 3.07. The normalized spacial score (nSPS) is 22.1. The highest BCUT2D eigenvalue weighted by Crippen LogP contribution is 2.37. The first-order chi connectivity index (χ1) is 10.7. The summed E-state index contributed by atoms with van der Waals surface area (Å²) in [6, 6.07) is 6.25. The molecule has 122 valence electrons. The van der Waals surface area contributed by atoms with Gasteiger partial charge in [-0.25, -0.2) is 0 Å². The summed E-state index contributed by atoms with van der Waals surface area (Å²) in [5.74, 6) is 0.622. The van der Waals surface area contributed by atoms with Crippen LogP contribution in [-0.2, 0) is 0 Å². The van der Waals surface area contributed by atoms with Crippen LogP contribution in [0.5, 0.6) is 0 Å². The molecule has 3 heteroatoms. The second kappa shape index (κ2) is 7.81. The monoisotopic (exact) mass is 321 g/mol. The smallest absolute Gasteiger partial charge is 0.0802 e. The summed E-state index contributed by atoms with van der Waals surface area (Å²) in [5, 5.41) is 11.3. The van der Waals surface area contributed by atoms with E-state index in [2.05, 4.69) is 17.0 Å². The van der Waals surface area contributed by atoms with Crippen molar-refractivity contribution in [3.8, 4) is 0 Å². The molecule has 1 saturated carbocycles. The zero-order valence-corrected chi connectivity index (χ0v) is 14.2. The molecular formula is C19H28ClNO. The van der Waals surface area contributed by atoms with Crippen LogP contribution in [0, 0.1) is 0 Å². The van der Waals surface area contributed by atoms with E-state index in [4.69, 9.17) is 11.6 Å².